The number of hydrazine groups is 1. The number of nitro benzene ring substituents is 1. The zero-order valence-corrected chi connectivity index (χ0v) is 12.8. The van der Waals surface area contributed by atoms with Gasteiger partial charge in [-0.2, -0.15) is 0 Å². The summed E-state index contributed by atoms with van der Waals surface area (Å²) in [7, 11) is 0. The smallest absolute Gasteiger partial charge is 0.269 e. The van der Waals surface area contributed by atoms with Gasteiger partial charge < -0.3 is 5.32 Å². The summed E-state index contributed by atoms with van der Waals surface area (Å²) in [5.74, 6) is -0.374. The van der Waals surface area contributed by atoms with Crippen molar-refractivity contribution in [1.29, 1.82) is 0 Å². The van der Waals surface area contributed by atoms with Crippen molar-refractivity contribution in [2.75, 3.05) is 6.54 Å². The van der Waals surface area contributed by atoms with Gasteiger partial charge in [0.1, 0.15) is 0 Å². The topological polar surface area (TPSA) is 109 Å². The Balaban J connectivity index is 1.66. The first-order valence-corrected chi connectivity index (χ1v) is 7.54. The molecule has 8 heteroatoms. The number of nitrogens with zero attached hydrogens (tertiary/aromatic N) is 2. The van der Waals surface area contributed by atoms with E-state index in [2.05, 4.69) is 21.2 Å². The van der Waals surface area contributed by atoms with Gasteiger partial charge in [-0.15, -0.1) is 0 Å². The molecule has 2 unspecified atom stereocenters. The molecule has 2 aromatic rings. The lowest BCUT2D eigenvalue weighted by Gasteiger charge is -2.18. The third-order valence-corrected chi connectivity index (χ3v) is 4.00. The minimum Gasteiger partial charge on any atom is -0.352 e. The predicted octanol–water partition coefficient (Wildman–Crippen LogP) is 1.07. The summed E-state index contributed by atoms with van der Waals surface area (Å²) < 4.78 is 0. The normalized spacial score (nSPS) is 19.8. The zero-order chi connectivity index (χ0) is 16.9. The van der Waals surface area contributed by atoms with Crippen molar-refractivity contribution >= 4 is 11.6 Å². The summed E-state index contributed by atoms with van der Waals surface area (Å²) >= 11 is 0. The van der Waals surface area contributed by atoms with Gasteiger partial charge in [0.15, 0.2) is 0 Å². The molecule has 1 aliphatic rings. The van der Waals surface area contributed by atoms with Crippen LogP contribution in [0.2, 0.25) is 0 Å². The van der Waals surface area contributed by atoms with Crippen LogP contribution in [-0.4, -0.2) is 22.4 Å². The Kier molecular flexibility index (Phi) is 4.78. The highest BCUT2D eigenvalue weighted by Gasteiger charge is 2.33. The SMILES string of the molecule is O=C(NCc1ccncc1)C1CNNC1c1ccc([N+](=O)[O-])cc1. The van der Waals surface area contributed by atoms with Gasteiger partial charge in [-0.3, -0.25) is 25.3 Å². The lowest BCUT2D eigenvalue weighted by Crippen LogP contribution is -2.34. The van der Waals surface area contributed by atoms with E-state index in [1.54, 1.807) is 24.5 Å². The summed E-state index contributed by atoms with van der Waals surface area (Å²) in [4.78, 5) is 26.7. The molecule has 2 atom stereocenters. The van der Waals surface area contributed by atoms with Crippen LogP contribution in [0.5, 0.6) is 0 Å². The van der Waals surface area contributed by atoms with E-state index in [0.29, 0.717) is 13.1 Å². The van der Waals surface area contributed by atoms with Gasteiger partial charge in [-0.05, 0) is 23.3 Å². The van der Waals surface area contributed by atoms with Crippen molar-refractivity contribution in [1.82, 2.24) is 21.2 Å². The third-order valence-electron chi connectivity index (χ3n) is 4.00. The molecule has 1 saturated heterocycles. The number of pyridine rings is 1. The highest BCUT2D eigenvalue weighted by Crippen LogP contribution is 2.26. The Morgan fingerprint density at radius 1 is 1.25 bits per heavy atom. The molecule has 1 aromatic carbocycles. The first-order chi connectivity index (χ1) is 11.6. The molecule has 3 rings (SSSR count). The van der Waals surface area contributed by atoms with Crippen molar-refractivity contribution in [2.24, 2.45) is 5.92 Å². The van der Waals surface area contributed by atoms with Gasteiger partial charge in [-0.1, -0.05) is 12.1 Å². The fourth-order valence-electron chi connectivity index (χ4n) is 2.68. The van der Waals surface area contributed by atoms with Gasteiger partial charge in [0.05, 0.1) is 16.9 Å². The minimum absolute atomic E-state index is 0.0309. The van der Waals surface area contributed by atoms with Gasteiger partial charge >= 0.3 is 0 Å². The van der Waals surface area contributed by atoms with Gasteiger partial charge in [0.25, 0.3) is 5.69 Å². The number of aromatic nitrogens is 1. The molecule has 0 radical (unpaired) electrons. The van der Waals surface area contributed by atoms with Crippen LogP contribution in [0.3, 0.4) is 0 Å². The number of rotatable bonds is 5. The van der Waals surface area contributed by atoms with Crippen LogP contribution in [0.1, 0.15) is 17.2 Å². The molecule has 1 fully saturated rings. The van der Waals surface area contributed by atoms with Crippen molar-refractivity contribution < 1.29 is 9.72 Å². The molecule has 0 spiro atoms. The molecule has 0 saturated carbocycles. The lowest BCUT2D eigenvalue weighted by molar-refractivity contribution is -0.384. The maximum Gasteiger partial charge on any atom is 0.269 e. The Morgan fingerprint density at radius 3 is 2.62 bits per heavy atom. The summed E-state index contributed by atoms with van der Waals surface area (Å²) in [6.07, 6.45) is 3.36. The van der Waals surface area contributed by atoms with E-state index in [9.17, 15) is 14.9 Å². The van der Waals surface area contributed by atoms with Crippen molar-refractivity contribution in [3.8, 4) is 0 Å². The summed E-state index contributed by atoms with van der Waals surface area (Å²) in [6, 6.07) is 9.70. The van der Waals surface area contributed by atoms with Crippen molar-refractivity contribution in [3.05, 3.63) is 70.0 Å². The number of amides is 1. The second-order valence-electron chi connectivity index (χ2n) is 5.53. The second-order valence-corrected chi connectivity index (χ2v) is 5.53. The molecule has 2 heterocycles. The predicted molar refractivity (Wildman–Crippen MR) is 86.5 cm³/mol. The number of benzene rings is 1. The quantitative estimate of drug-likeness (QED) is 0.560. The van der Waals surface area contributed by atoms with Crippen molar-refractivity contribution in [2.45, 2.75) is 12.6 Å². The molecule has 8 nitrogen and oxygen atoms in total. The Morgan fingerprint density at radius 2 is 1.96 bits per heavy atom. The average molecular weight is 327 g/mol. The van der Waals surface area contributed by atoms with Crippen LogP contribution in [-0.2, 0) is 11.3 Å². The van der Waals surface area contributed by atoms with Crippen LogP contribution in [0.4, 0.5) is 5.69 Å². The molecule has 124 valence electrons. The van der Waals surface area contributed by atoms with E-state index in [1.807, 2.05) is 12.1 Å². The minimum atomic E-state index is -0.441. The Labute approximate surface area is 138 Å². The molecular formula is C16H17N5O3. The number of non-ortho nitro benzene ring substituents is 1. The second kappa shape index (κ2) is 7.16. The number of hydrogen-bond acceptors (Lipinski definition) is 6. The van der Waals surface area contributed by atoms with Crippen LogP contribution in [0.15, 0.2) is 48.8 Å². The zero-order valence-electron chi connectivity index (χ0n) is 12.8. The van der Waals surface area contributed by atoms with E-state index < -0.39 is 4.92 Å². The summed E-state index contributed by atoms with van der Waals surface area (Å²) in [5.41, 5.74) is 7.88. The van der Waals surface area contributed by atoms with E-state index in [4.69, 9.17) is 0 Å². The Bertz CT molecular complexity index is 720. The molecule has 3 N–H and O–H groups in total. The van der Waals surface area contributed by atoms with Gasteiger partial charge in [0.2, 0.25) is 5.91 Å². The van der Waals surface area contributed by atoms with Gasteiger partial charge in [0, 0.05) is 37.6 Å². The number of nitro groups is 1. The first-order valence-electron chi connectivity index (χ1n) is 7.54. The fourth-order valence-corrected chi connectivity index (χ4v) is 2.68. The van der Waals surface area contributed by atoms with Crippen LogP contribution >= 0.6 is 0 Å². The molecule has 0 bridgehead atoms. The highest BCUT2D eigenvalue weighted by atomic mass is 16.6. The van der Waals surface area contributed by atoms with Crippen molar-refractivity contribution in [3.63, 3.8) is 0 Å². The molecule has 1 amide bonds. The molecular weight excluding hydrogens is 310 g/mol. The van der Waals surface area contributed by atoms with Crippen LogP contribution < -0.4 is 16.2 Å². The molecule has 1 aromatic heterocycles. The maximum atomic E-state index is 12.5. The van der Waals surface area contributed by atoms with E-state index in [0.717, 1.165) is 11.1 Å². The number of nitrogens with one attached hydrogen (secondary N) is 3. The van der Waals surface area contributed by atoms with E-state index in [1.165, 1.54) is 12.1 Å². The maximum absolute atomic E-state index is 12.5. The van der Waals surface area contributed by atoms with Gasteiger partial charge in [-0.25, -0.2) is 5.43 Å². The highest BCUT2D eigenvalue weighted by molar-refractivity contribution is 5.80. The summed E-state index contributed by atoms with van der Waals surface area (Å²) in [6.45, 7) is 0.925. The first kappa shape index (κ1) is 16.0. The lowest BCUT2D eigenvalue weighted by atomic mass is 9.94. The third kappa shape index (κ3) is 3.55. The van der Waals surface area contributed by atoms with Crippen LogP contribution in [0.25, 0.3) is 0 Å². The monoisotopic (exact) mass is 327 g/mol. The van der Waals surface area contributed by atoms with E-state index >= 15 is 0 Å². The largest absolute Gasteiger partial charge is 0.352 e. The average Bonchev–Trinajstić information content (AvgIpc) is 3.10. The van der Waals surface area contributed by atoms with Crippen LogP contribution in [0, 0.1) is 16.0 Å². The molecule has 24 heavy (non-hydrogen) atoms. The number of hydrogen-bond donors (Lipinski definition) is 3. The summed E-state index contributed by atoms with van der Waals surface area (Å²) in [5, 5.41) is 13.7. The standard InChI is InChI=1S/C16H17N5O3/c22-16(18-9-11-5-7-17-8-6-11)14-10-19-20-15(14)12-1-3-13(4-2-12)21(23)24/h1-8,14-15,19-20H,9-10H2,(H,18,22). The Hall–Kier alpha value is -2.84. The number of carbonyl (C=O) groups excluding carboxylic acids is 1. The fraction of sp³-hybridized carbons (Fsp3) is 0.250. The molecule has 0 aliphatic carbocycles. The number of carbonyl (C=O) groups is 1. The van der Waals surface area contributed by atoms with E-state index in [-0.39, 0.29) is 23.6 Å². The molecule has 1 aliphatic heterocycles.